The maximum atomic E-state index is 13.6. The highest BCUT2D eigenvalue weighted by atomic mass is 19.1. The lowest BCUT2D eigenvalue weighted by molar-refractivity contribution is 0.432. The largest absolute Gasteiger partial charge is 0.505 e. The number of benzene rings is 1. The molecule has 1 aliphatic heterocycles. The van der Waals surface area contributed by atoms with Crippen LogP contribution in [0.4, 0.5) is 27.7 Å². The second-order valence-electron chi connectivity index (χ2n) is 6.84. The molecule has 2 fully saturated rings. The summed E-state index contributed by atoms with van der Waals surface area (Å²) in [6.45, 7) is 1.96. The number of hydrogen-bond acceptors (Lipinski definition) is 7. The summed E-state index contributed by atoms with van der Waals surface area (Å²) in [6, 6.07) is 6.79. The van der Waals surface area contributed by atoms with E-state index in [1.807, 2.05) is 6.07 Å². The van der Waals surface area contributed by atoms with Gasteiger partial charge in [-0.1, -0.05) is 0 Å². The molecule has 0 spiro atoms. The number of aromatic hydroxyl groups is 1. The Morgan fingerprint density at radius 2 is 1.69 bits per heavy atom. The highest BCUT2D eigenvalue weighted by Crippen LogP contribution is 2.27. The van der Waals surface area contributed by atoms with E-state index in [0.29, 0.717) is 29.5 Å². The summed E-state index contributed by atoms with van der Waals surface area (Å²) in [5.41, 5.74) is 0.518. The quantitative estimate of drug-likeness (QED) is 0.507. The second kappa shape index (κ2) is 7.33. The highest BCUT2D eigenvalue weighted by Gasteiger charge is 2.22. The maximum absolute atomic E-state index is 13.6. The highest BCUT2D eigenvalue weighted by molar-refractivity contribution is 5.62. The van der Waals surface area contributed by atoms with E-state index >= 15 is 0 Å². The van der Waals surface area contributed by atoms with Crippen molar-refractivity contribution in [3.05, 3.63) is 30.1 Å². The number of piperidine rings is 1. The van der Waals surface area contributed by atoms with E-state index in [4.69, 9.17) is 0 Å². The molecule has 0 radical (unpaired) electrons. The van der Waals surface area contributed by atoms with Crippen molar-refractivity contribution in [2.75, 3.05) is 29.0 Å². The molecule has 2 aliphatic rings. The van der Waals surface area contributed by atoms with Crippen LogP contribution in [0.25, 0.3) is 0 Å². The average Bonchev–Trinajstić information content (AvgIpc) is 3.43. The molecule has 7 nitrogen and oxygen atoms in total. The normalized spacial score (nSPS) is 17.7. The van der Waals surface area contributed by atoms with Gasteiger partial charge in [0.15, 0.2) is 11.6 Å². The lowest BCUT2D eigenvalue weighted by atomic mass is 10.1. The number of phenols is 1. The van der Waals surface area contributed by atoms with Crippen LogP contribution >= 0.6 is 0 Å². The molecule has 8 heteroatoms. The SMILES string of the molecule is Oc1ccc(Nc2cc(NC3CC3)nc(NC3CCNCC3)n2)cc1F. The fourth-order valence-electron chi connectivity index (χ4n) is 2.97. The Kier molecular flexibility index (Phi) is 4.75. The molecule has 4 rings (SSSR count). The van der Waals surface area contributed by atoms with Crippen LogP contribution in [-0.2, 0) is 0 Å². The van der Waals surface area contributed by atoms with Gasteiger partial charge in [-0.2, -0.15) is 9.97 Å². The first-order valence-corrected chi connectivity index (χ1v) is 9.04. The fraction of sp³-hybridized carbons (Fsp3) is 0.444. The van der Waals surface area contributed by atoms with Crippen LogP contribution in [0.3, 0.4) is 0 Å². The number of phenolic OH excluding ortho intramolecular Hbond substituents is 1. The molecule has 0 bridgehead atoms. The zero-order valence-electron chi connectivity index (χ0n) is 14.4. The van der Waals surface area contributed by atoms with Gasteiger partial charge in [-0.05, 0) is 50.9 Å². The Hall–Kier alpha value is -2.61. The number of hydrogen-bond donors (Lipinski definition) is 5. The number of nitrogens with one attached hydrogen (secondary N) is 4. The summed E-state index contributed by atoms with van der Waals surface area (Å²) in [5.74, 6) is 0.839. The van der Waals surface area contributed by atoms with Crippen LogP contribution in [0.5, 0.6) is 5.75 Å². The van der Waals surface area contributed by atoms with Gasteiger partial charge >= 0.3 is 0 Å². The predicted molar refractivity (Wildman–Crippen MR) is 99.5 cm³/mol. The molecule has 2 heterocycles. The minimum atomic E-state index is -0.673. The van der Waals surface area contributed by atoms with Crippen LogP contribution in [-0.4, -0.2) is 40.2 Å². The lowest BCUT2D eigenvalue weighted by Gasteiger charge is -2.24. The van der Waals surface area contributed by atoms with E-state index in [2.05, 4.69) is 31.2 Å². The van der Waals surface area contributed by atoms with Gasteiger partial charge in [-0.15, -0.1) is 0 Å². The van der Waals surface area contributed by atoms with Crippen molar-refractivity contribution in [3.8, 4) is 5.75 Å². The zero-order chi connectivity index (χ0) is 17.9. The summed E-state index contributed by atoms with van der Waals surface area (Å²) in [4.78, 5) is 9.10. The van der Waals surface area contributed by atoms with Gasteiger partial charge in [0, 0.05) is 29.9 Å². The van der Waals surface area contributed by atoms with Gasteiger partial charge in [0.25, 0.3) is 0 Å². The average molecular weight is 358 g/mol. The summed E-state index contributed by atoms with van der Waals surface area (Å²) >= 11 is 0. The Balaban J connectivity index is 1.55. The van der Waals surface area contributed by atoms with Gasteiger partial charge in [0.1, 0.15) is 11.6 Å². The molecule has 0 unspecified atom stereocenters. The first kappa shape index (κ1) is 16.8. The number of nitrogens with zero attached hydrogens (tertiary/aromatic N) is 2. The Morgan fingerprint density at radius 3 is 2.42 bits per heavy atom. The topological polar surface area (TPSA) is 94.1 Å². The lowest BCUT2D eigenvalue weighted by Crippen LogP contribution is -2.35. The molecule has 1 saturated heterocycles. The van der Waals surface area contributed by atoms with Crippen molar-refractivity contribution in [1.82, 2.24) is 15.3 Å². The minimum absolute atomic E-state index is 0.339. The summed E-state index contributed by atoms with van der Waals surface area (Å²) in [7, 11) is 0. The second-order valence-corrected chi connectivity index (χ2v) is 6.84. The minimum Gasteiger partial charge on any atom is -0.505 e. The van der Waals surface area contributed by atoms with Crippen molar-refractivity contribution in [1.29, 1.82) is 0 Å². The molecule has 0 amide bonds. The zero-order valence-corrected chi connectivity index (χ0v) is 14.4. The van der Waals surface area contributed by atoms with Crippen molar-refractivity contribution in [3.63, 3.8) is 0 Å². The van der Waals surface area contributed by atoms with Gasteiger partial charge in [-0.3, -0.25) is 0 Å². The number of rotatable bonds is 6. The van der Waals surface area contributed by atoms with Crippen molar-refractivity contribution in [2.24, 2.45) is 0 Å². The van der Waals surface area contributed by atoms with Gasteiger partial charge < -0.3 is 26.4 Å². The van der Waals surface area contributed by atoms with Crippen LogP contribution in [0, 0.1) is 5.82 Å². The Bertz CT molecular complexity index is 776. The molecule has 1 saturated carbocycles. The van der Waals surface area contributed by atoms with Crippen molar-refractivity contribution in [2.45, 2.75) is 37.8 Å². The standard InChI is InChI=1S/C18H23FN6O/c19-14-9-13(3-4-15(14)26)22-17-10-16(21-11-1-2-11)24-18(25-17)23-12-5-7-20-8-6-12/h3-4,9-12,20,26H,1-2,5-8H2,(H3,21,22,23,24,25). The third-order valence-electron chi connectivity index (χ3n) is 4.55. The van der Waals surface area contributed by atoms with E-state index < -0.39 is 5.82 Å². The molecule has 1 aliphatic carbocycles. The maximum Gasteiger partial charge on any atom is 0.226 e. The molecule has 0 atom stereocenters. The van der Waals surface area contributed by atoms with E-state index in [-0.39, 0.29) is 5.75 Å². The number of halogens is 1. The fourth-order valence-corrected chi connectivity index (χ4v) is 2.97. The smallest absolute Gasteiger partial charge is 0.226 e. The molecule has 1 aromatic carbocycles. The van der Waals surface area contributed by atoms with Crippen molar-refractivity contribution < 1.29 is 9.50 Å². The molecule has 26 heavy (non-hydrogen) atoms. The molecular weight excluding hydrogens is 335 g/mol. The van der Waals surface area contributed by atoms with Crippen LogP contribution in [0.1, 0.15) is 25.7 Å². The van der Waals surface area contributed by atoms with Gasteiger partial charge in [0.05, 0.1) is 0 Å². The summed E-state index contributed by atoms with van der Waals surface area (Å²) < 4.78 is 13.6. The summed E-state index contributed by atoms with van der Waals surface area (Å²) in [5, 5.41) is 22.5. The van der Waals surface area contributed by atoms with E-state index in [1.54, 1.807) is 6.07 Å². The molecule has 2 aromatic rings. The predicted octanol–water partition coefficient (Wildman–Crippen LogP) is 2.80. The number of aromatic nitrogens is 2. The van der Waals surface area contributed by atoms with Gasteiger partial charge in [0.2, 0.25) is 5.95 Å². The molecular formula is C18H23FN6O. The first-order chi connectivity index (χ1) is 12.7. The van der Waals surface area contributed by atoms with Gasteiger partial charge in [-0.25, -0.2) is 4.39 Å². The number of anilines is 4. The Labute approximate surface area is 151 Å². The van der Waals surface area contributed by atoms with Crippen LogP contribution in [0.15, 0.2) is 24.3 Å². The third-order valence-corrected chi connectivity index (χ3v) is 4.55. The Morgan fingerprint density at radius 1 is 0.962 bits per heavy atom. The third kappa shape index (κ3) is 4.32. The monoisotopic (exact) mass is 358 g/mol. The van der Waals surface area contributed by atoms with Crippen LogP contribution < -0.4 is 21.3 Å². The first-order valence-electron chi connectivity index (χ1n) is 9.04. The molecule has 138 valence electrons. The van der Waals surface area contributed by atoms with Crippen molar-refractivity contribution >= 4 is 23.3 Å². The van der Waals surface area contributed by atoms with Crippen LogP contribution in [0.2, 0.25) is 0 Å². The van der Waals surface area contributed by atoms with E-state index in [9.17, 15) is 9.50 Å². The van der Waals surface area contributed by atoms with E-state index in [0.717, 1.165) is 44.6 Å². The molecule has 5 N–H and O–H groups in total. The molecule has 1 aromatic heterocycles. The summed E-state index contributed by atoms with van der Waals surface area (Å²) in [6.07, 6.45) is 4.34. The van der Waals surface area contributed by atoms with E-state index in [1.165, 1.54) is 12.1 Å².